The van der Waals surface area contributed by atoms with Gasteiger partial charge in [-0.3, -0.25) is 14.5 Å². The van der Waals surface area contributed by atoms with Crippen molar-refractivity contribution in [2.24, 2.45) is 0 Å². The summed E-state index contributed by atoms with van der Waals surface area (Å²) >= 11 is 13.9. The number of ether oxygens (including phenoxy) is 2. The van der Waals surface area contributed by atoms with Gasteiger partial charge in [0.25, 0.3) is 11.7 Å². The summed E-state index contributed by atoms with van der Waals surface area (Å²) in [4.78, 5) is 28.7. The first-order valence-electron chi connectivity index (χ1n) is 11.1. The van der Waals surface area contributed by atoms with Crippen LogP contribution in [0.25, 0.3) is 5.76 Å². The summed E-state index contributed by atoms with van der Waals surface area (Å²) in [6.07, 6.45) is 0. The van der Waals surface area contributed by atoms with Crippen molar-refractivity contribution in [2.45, 2.75) is 6.04 Å². The normalized spacial score (nSPS) is 16.7. The minimum absolute atomic E-state index is 0.0608. The summed E-state index contributed by atoms with van der Waals surface area (Å²) in [7, 11) is 1.42. The quantitative estimate of drug-likeness (QED) is 0.153. The first-order chi connectivity index (χ1) is 17.9. The number of Topliss-reactive ketones (excluding diaryl/α,β-unsaturated/α-hetero) is 1. The number of hydrogen-bond donors (Lipinski definition) is 1. The third kappa shape index (κ3) is 4.69. The number of anilines is 1. The Morgan fingerprint density at radius 2 is 1.57 bits per heavy atom. The van der Waals surface area contributed by atoms with Crippen LogP contribution in [0.1, 0.15) is 16.5 Å². The first-order valence-corrected chi connectivity index (χ1v) is 12.7. The number of aliphatic hydroxyl groups excluding tert-OH is 1. The van der Waals surface area contributed by atoms with Crippen molar-refractivity contribution in [1.82, 2.24) is 0 Å². The molecule has 1 unspecified atom stereocenters. The predicted octanol–water partition coefficient (Wildman–Crippen LogP) is 7.48. The van der Waals surface area contributed by atoms with E-state index in [0.717, 1.165) is 0 Å². The Morgan fingerprint density at radius 3 is 2.16 bits per heavy atom. The average molecular weight is 552 g/mol. The van der Waals surface area contributed by atoms with Crippen molar-refractivity contribution in [2.75, 3.05) is 12.0 Å². The van der Waals surface area contributed by atoms with E-state index < -0.39 is 17.7 Å². The number of para-hydroxylation sites is 1. The number of nitrogens with zero attached hydrogens (tertiary/aromatic N) is 1. The Labute approximate surface area is 226 Å². The zero-order valence-corrected chi connectivity index (χ0v) is 21.7. The van der Waals surface area contributed by atoms with E-state index in [-0.39, 0.29) is 32.7 Å². The molecule has 1 saturated heterocycles. The molecule has 5 rings (SSSR count). The number of rotatable bonds is 6. The molecule has 37 heavy (non-hydrogen) atoms. The molecule has 0 saturated carbocycles. The van der Waals surface area contributed by atoms with Crippen LogP contribution in [0.2, 0.25) is 10.0 Å². The van der Waals surface area contributed by atoms with Crippen LogP contribution in [0, 0.1) is 0 Å². The molecule has 1 aliphatic rings. The molecule has 1 aliphatic heterocycles. The molecule has 0 bridgehead atoms. The second-order valence-electron chi connectivity index (χ2n) is 8.07. The molecule has 4 aromatic rings. The number of ketones is 1. The topological polar surface area (TPSA) is 76.1 Å². The molecule has 3 aromatic carbocycles. The van der Waals surface area contributed by atoms with Gasteiger partial charge in [-0.05, 0) is 60.0 Å². The molecular weight excluding hydrogens is 533 g/mol. The Kier molecular flexibility index (Phi) is 6.93. The van der Waals surface area contributed by atoms with Crippen LogP contribution >= 0.6 is 34.5 Å². The molecule has 0 spiro atoms. The summed E-state index contributed by atoms with van der Waals surface area (Å²) in [5.74, 6) is -0.471. The molecule has 1 fully saturated rings. The van der Waals surface area contributed by atoms with Crippen molar-refractivity contribution < 1.29 is 24.2 Å². The van der Waals surface area contributed by atoms with E-state index in [9.17, 15) is 14.7 Å². The van der Waals surface area contributed by atoms with Gasteiger partial charge in [-0.1, -0.05) is 47.5 Å². The van der Waals surface area contributed by atoms with Gasteiger partial charge in [0, 0.05) is 16.1 Å². The zero-order valence-electron chi connectivity index (χ0n) is 19.4. The van der Waals surface area contributed by atoms with Gasteiger partial charge in [-0.15, -0.1) is 11.3 Å². The van der Waals surface area contributed by atoms with Gasteiger partial charge in [0.05, 0.1) is 22.7 Å². The van der Waals surface area contributed by atoms with E-state index in [2.05, 4.69) is 0 Å². The second-order valence-corrected chi connectivity index (χ2v) is 9.86. The van der Waals surface area contributed by atoms with Gasteiger partial charge >= 0.3 is 0 Å². The number of hydrogen-bond acceptors (Lipinski definition) is 6. The van der Waals surface area contributed by atoms with Gasteiger partial charge in [-0.2, -0.15) is 0 Å². The zero-order chi connectivity index (χ0) is 26.1. The molecule has 9 heteroatoms. The highest BCUT2D eigenvalue weighted by Crippen LogP contribution is 2.45. The van der Waals surface area contributed by atoms with Gasteiger partial charge in [0.1, 0.15) is 23.3 Å². The molecule has 186 valence electrons. The second kappa shape index (κ2) is 10.3. The van der Waals surface area contributed by atoms with Gasteiger partial charge in [-0.25, -0.2) is 0 Å². The third-order valence-corrected chi connectivity index (χ3v) is 7.31. The van der Waals surface area contributed by atoms with E-state index in [0.29, 0.717) is 22.1 Å². The summed E-state index contributed by atoms with van der Waals surface area (Å²) in [6, 6.07) is 21.8. The lowest BCUT2D eigenvalue weighted by Crippen LogP contribution is -2.29. The molecule has 0 radical (unpaired) electrons. The van der Waals surface area contributed by atoms with Crippen molar-refractivity contribution in [1.29, 1.82) is 0 Å². The lowest BCUT2D eigenvalue weighted by molar-refractivity contribution is -0.132. The molecule has 6 nitrogen and oxygen atoms in total. The molecule has 1 amide bonds. The van der Waals surface area contributed by atoms with Crippen LogP contribution < -0.4 is 14.4 Å². The molecule has 1 N–H and O–H groups in total. The fourth-order valence-corrected chi connectivity index (χ4v) is 5.63. The number of thiophene rings is 1. The van der Waals surface area contributed by atoms with Crippen LogP contribution in [0.4, 0.5) is 5.69 Å². The fraction of sp³-hybridized carbons (Fsp3) is 0.0714. The van der Waals surface area contributed by atoms with Crippen molar-refractivity contribution >= 4 is 57.7 Å². The Hall–Kier alpha value is -3.78. The lowest BCUT2D eigenvalue weighted by atomic mass is 9.99. The minimum atomic E-state index is -0.847. The predicted molar refractivity (Wildman–Crippen MR) is 145 cm³/mol. The largest absolute Gasteiger partial charge is 0.507 e. The molecule has 2 heterocycles. The summed E-state index contributed by atoms with van der Waals surface area (Å²) < 4.78 is 11.0. The van der Waals surface area contributed by atoms with Crippen molar-refractivity contribution in [3.8, 4) is 17.2 Å². The van der Waals surface area contributed by atoms with Crippen LogP contribution in [-0.4, -0.2) is 23.9 Å². The lowest BCUT2D eigenvalue weighted by Gasteiger charge is -2.24. The average Bonchev–Trinajstić information content (AvgIpc) is 3.51. The van der Waals surface area contributed by atoms with Gasteiger partial charge in [0.15, 0.2) is 5.75 Å². The van der Waals surface area contributed by atoms with Gasteiger partial charge in [0.2, 0.25) is 0 Å². The SMILES string of the molecule is COc1c(Cl)cc(/C(O)=C2/C(=O)C(=O)N(c3ccc(Oc4ccccc4)cc3)C2c2cccs2)cc1Cl. The highest BCUT2D eigenvalue weighted by atomic mass is 35.5. The van der Waals surface area contributed by atoms with Crippen LogP contribution in [0.3, 0.4) is 0 Å². The van der Waals surface area contributed by atoms with Gasteiger partial charge < -0.3 is 14.6 Å². The standard InChI is InChI=1S/C28H19Cl2NO5S/c1-35-27-20(29)14-16(15-21(27)30)25(32)23-24(22-8-5-13-37-22)31(28(34)26(23)33)17-9-11-19(12-10-17)36-18-6-3-2-4-7-18/h2-15,24,32H,1H3/b25-23-. The smallest absolute Gasteiger partial charge is 0.300 e. The Balaban J connectivity index is 1.57. The maximum absolute atomic E-state index is 13.3. The number of carbonyl (C=O) groups excluding carboxylic acids is 2. The number of aliphatic hydroxyl groups is 1. The molecule has 0 aliphatic carbocycles. The highest BCUT2D eigenvalue weighted by Gasteiger charge is 2.47. The number of carbonyl (C=O) groups is 2. The first kappa shape index (κ1) is 24.9. The molecule has 1 atom stereocenters. The number of methoxy groups -OCH3 is 1. The van der Waals surface area contributed by atoms with Crippen molar-refractivity contribution in [3.63, 3.8) is 0 Å². The number of amides is 1. The molecule has 1 aromatic heterocycles. The summed E-state index contributed by atoms with van der Waals surface area (Å²) in [5, 5.41) is 13.4. The number of halogens is 2. The minimum Gasteiger partial charge on any atom is -0.507 e. The Morgan fingerprint density at radius 1 is 0.919 bits per heavy atom. The maximum atomic E-state index is 13.3. The number of benzene rings is 3. The van der Waals surface area contributed by atoms with Crippen LogP contribution in [-0.2, 0) is 9.59 Å². The fourth-order valence-electron chi connectivity index (χ4n) is 4.16. The van der Waals surface area contributed by atoms with Crippen molar-refractivity contribution in [3.05, 3.63) is 110 Å². The van der Waals surface area contributed by atoms with Crippen LogP contribution in [0.5, 0.6) is 17.2 Å². The van der Waals surface area contributed by atoms with E-state index in [1.807, 2.05) is 47.8 Å². The monoisotopic (exact) mass is 551 g/mol. The third-order valence-electron chi connectivity index (χ3n) is 5.83. The van der Waals surface area contributed by atoms with E-state index in [1.54, 1.807) is 24.3 Å². The summed E-state index contributed by atoms with van der Waals surface area (Å²) in [6.45, 7) is 0. The maximum Gasteiger partial charge on any atom is 0.300 e. The highest BCUT2D eigenvalue weighted by molar-refractivity contribution is 7.10. The van der Waals surface area contributed by atoms with E-state index in [4.69, 9.17) is 32.7 Å². The Bertz CT molecular complexity index is 1480. The van der Waals surface area contributed by atoms with E-state index in [1.165, 1.54) is 35.5 Å². The van der Waals surface area contributed by atoms with E-state index >= 15 is 0 Å². The summed E-state index contributed by atoms with van der Waals surface area (Å²) in [5.41, 5.74) is 0.613. The van der Waals surface area contributed by atoms with Crippen LogP contribution in [0.15, 0.2) is 89.8 Å². The molecular formula is C28H19Cl2NO5S.